The number of phenols is 1. The molecule has 7 rings (SSSR count). The number of nitrogens with zero attached hydrogens (tertiary/aromatic N) is 5. The molecule has 1 aromatic carbocycles. The van der Waals surface area contributed by atoms with E-state index in [0.717, 1.165) is 42.0 Å². The van der Waals surface area contributed by atoms with Gasteiger partial charge in [-0.1, -0.05) is 6.07 Å². The van der Waals surface area contributed by atoms with Crippen LogP contribution in [0.5, 0.6) is 11.6 Å². The van der Waals surface area contributed by atoms with Crippen molar-refractivity contribution in [3.05, 3.63) is 60.3 Å². The summed E-state index contributed by atoms with van der Waals surface area (Å²) in [6.45, 7) is 1.40. The summed E-state index contributed by atoms with van der Waals surface area (Å²) in [6, 6.07) is 10.7. The molecule has 3 aliphatic rings. The van der Waals surface area contributed by atoms with Crippen molar-refractivity contribution in [3.8, 4) is 22.9 Å². The number of anilines is 1. The Labute approximate surface area is 200 Å². The van der Waals surface area contributed by atoms with Crippen LogP contribution in [0.15, 0.2) is 48.9 Å². The third kappa shape index (κ3) is 3.93. The number of nitrogens with one attached hydrogen (secondary N) is 1. The molecule has 0 saturated carbocycles. The number of piperazine rings is 1. The number of aromatic hydroxyl groups is 1. The quantitative estimate of drug-likeness (QED) is 0.419. The van der Waals surface area contributed by atoms with Crippen LogP contribution in [0.1, 0.15) is 12.0 Å². The van der Waals surface area contributed by atoms with E-state index in [9.17, 15) is 13.9 Å². The minimum Gasteiger partial charge on any atom is -0.508 e. The first-order chi connectivity index (χ1) is 17.1. The first kappa shape index (κ1) is 21.7. The maximum Gasteiger partial charge on any atom is 0.193 e. The molecule has 10 heteroatoms. The van der Waals surface area contributed by atoms with Gasteiger partial charge in [-0.15, -0.1) is 0 Å². The van der Waals surface area contributed by atoms with Gasteiger partial charge in [0.15, 0.2) is 5.88 Å². The number of piperidine rings is 1. The van der Waals surface area contributed by atoms with E-state index in [4.69, 9.17) is 9.72 Å². The highest BCUT2D eigenvalue weighted by Gasteiger charge is 2.45. The molecule has 2 N–H and O–H groups in total. The summed E-state index contributed by atoms with van der Waals surface area (Å²) < 4.78 is 32.0. The standard InChI is InChI=1S/C25H24F2N6O2/c26-6-7-35-23-9-18-24(29-14-30-25(18)31-23)15-4-5-22(28-10-15)32-11-16-8-17(12-32)33(16)13-19-20(27)2-1-3-21(19)34/h1-5,9-10,14,16-17,34H,6-8,11-13H2,(H,29,30,31). The third-order valence-electron chi connectivity index (χ3n) is 6.86. The van der Waals surface area contributed by atoms with Crippen molar-refractivity contribution in [2.75, 3.05) is 31.3 Å². The van der Waals surface area contributed by atoms with Gasteiger partial charge in [0, 0.05) is 60.5 Å². The van der Waals surface area contributed by atoms with Gasteiger partial charge in [0.2, 0.25) is 0 Å². The number of rotatable bonds is 7. The number of H-pyrrole nitrogens is 1. The largest absolute Gasteiger partial charge is 0.508 e. The molecule has 6 heterocycles. The molecule has 35 heavy (non-hydrogen) atoms. The Balaban J connectivity index is 1.16. The molecule has 8 nitrogen and oxygen atoms in total. The molecule has 3 saturated heterocycles. The summed E-state index contributed by atoms with van der Waals surface area (Å²) in [7, 11) is 0. The molecule has 2 unspecified atom stereocenters. The van der Waals surface area contributed by atoms with Gasteiger partial charge in [0.1, 0.15) is 42.6 Å². The fourth-order valence-electron chi connectivity index (χ4n) is 5.10. The topological polar surface area (TPSA) is 90.4 Å². The lowest BCUT2D eigenvalue weighted by atomic mass is 9.86. The molecule has 3 fully saturated rings. The molecular formula is C25H24F2N6O2. The maximum absolute atomic E-state index is 14.2. The minimum absolute atomic E-state index is 0.00596. The SMILES string of the molecule is Oc1cccc(F)c1CN1C2CC1CN(c1ccc(-c3ncnc4[nH]c(OCCF)cc34)cn1)C2. The van der Waals surface area contributed by atoms with Gasteiger partial charge >= 0.3 is 0 Å². The Morgan fingerprint density at radius 3 is 2.71 bits per heavy atom. The summed E-state index contributed by atoms with van der Waals surface area (Å²) in [4.78, 5) is 20.9. The van der Waals surface area contributed by atoms with Gasteiger partial charge in [0.05, 0.1) is 5.69 Å². The lowest BCUT2D eigenvalue weighted by molar-refractivity contribution is -0.00996. The zero-order valence-corrected chi connectivity index (χ0v) is 18.9. The number of benzene rings is 1. The van der Waals surface area contributed by atoms with Crippen molar-refractivity contribution in [1.82, 2.24) is 24.8 Å². The second-order valence-corrected chi connectivity index (χ2v) is 8.92. The van der Waals surface area contributed by atoms with Crippen LogP contribution in [0.3, 0.4) is 0 Å². The van der Waals surface area contributed by atoms with Gasteiger partial charge in [0.25, 0.3) is 0 Å². The Kier molecular flexibility index (Phi) is 5.44. The number of hydrogen-bond acceptors (Lipinski definition) is 7. The first-order valence-corrected chi connectivity index (χ1v) is 11.6. The van der Waals surface area contributed by atoms with Crippen molar-refractivity contribution >= 4 is 16.9 Å². The highest BCUT2D eigenvalue weighted by Crippen LogP contribution is 2.37. The summed E-state index contributed by atoms with van der Waals surface area (Å²) >= 11 is 0. The van der Waals surface area contributed by atoms with Gasteiger partial charge in [-0.05, 0) is 30.7 Å². The predicted octanol–water partition coefficient (Wildman–Crippen LogP) is 3.68. The average Bonchev–Trinajstić information content (AvgIpc) is 3.30. The van der Waals surface area contributed by atoms with Crippen LogP contribution in [0.25, 0.3) is 22.3 Å². The summed E-state index contributed by atoms with van der Waals surface area (Å²) in [6.07, 6.45) is 4.33. The molecule has 0 aliphatic carbocycles. The maximum atomic E-state index is 14.2. The van der Waals surface area contributed by atoms with Crippen LogP contribution in [-0.2, 0) is 6.54 Å². The van der Waals surface area contributed by atoms with Crippen LogP contribution < -0.4 is 9.64 Å². The van der Waals surface area contributed by atoms with Gasteiger partial charge < -0.3 is 19.7 Å². The normalized spacial score (nSPS) is 19.7. The summed E-state index contributed by atoms with van der Waals surface area (Å²) in [5.74, 6) is 0.964. The zero-order valence-electron chi connectivity index (χ0n) is 18.9. The lowest BCUT2D eigenvalue weighted by Crippen LogP contribution is -2.68. The fraction of sp³-hybridized carbons (Fsp3) is 0.320. The number of pyridine rings is 1. The highest BCUT2D eigenvalue weighted by atomic mass is 19.1. The van der Waals surface area contributed by atoms with E-state index < -0.39 is 6.67 Å². The highest BCUT2D eigenvalue weighted by molar-refractivity contribution is 5.91. The van der Waals surface area contributed by atoms with Crippen molar-refractivity contribution in [3.63, 3.8) is 0 Å². The molecule has 180 valence electrons. The van der Waals surface area contributed by atoms with Crippen LogP contribution in [0.2, 0.25) is 0 Å². The number of ether oxygens (including phenoxy) is 1. The Bertz CT molecular complexity index is 1330. The van der Waals surface area contributed by atoms with E-state index >= 15 is 0 Å². The smallest absolute Gasteiger partial charge is 0.193 e. The number of phenolic OH excluding ortho intramolecular Hbond substituents is 1. The Morgan fingerprint density at radius 2 is 1.97 bits per heavy atom. The van der Waals surface area contributed by atoms with E-state index in [1.165, 1.54) is 24.5 Å². The molecular weight excluding hydrogens is 454 g/mol. The van der Waals surface area contributed by atoms with Crippen LogP contribution in [0.4, 0.5) is 14.6 Å². The van der Waals surface area contributed by atoms with E-state index in [1.54, 1.807) is 12.3 Å². The first-order valence-electron chi connectivity index (χ1n) is 11.6. The van der Waals surface area contributed by atoms with E-state index in [2.05, 4.69) is 24.8 Å². The average molecular weight is 479 g/mol. The van der Waals surface area contributed by atoms with E-state index in [1.807, 2.05) is 12.1 Å². The number of aromatic nitrogens is 4. The number of halogens is 2. The monoisotopic (exact) mass is 478 g/mol. The number of aromatic amines is 1. The zero-order chi connectivity index (χ0) is 23.9. The lowest BCUT2D eigenvalue weighted by Gasteiger charge is -2.56. The molecule has 3 aliphatic heterocycles. The Morgan fingerprint density at radius 1 is 1.11 bits per heavy atom. The van der Waals surface area contributed by atoms with Crippen molar-refractivity contribution < 1.29 is 18.6 Å². The Hall–Kier alpha value is -3.79. The molecule has 4 aromatic rings. The predicted molar refractivity (Wildman–Crippen MR) is 127 cm³/mol. The summed E-state index contributed by atoms with van der Waals surface area (Å²) in [5.41, 5.74) is 2.54. The van der Waals surface area contributed by atoms with Crippen molar-refractivity contribution in [1.29, 1.82) is 0 Å². The number of fused-ring (bicyclic) bond motifs is 3. The van der Waals surface area contributed by atoms with E-state index in [-0.39, 0.29) is 18.2 Å². The number of alkyl halides is 1. The molecule has 0 radical (unpaired) electrons. The fourth-order valence-corrected chi connectivity index (χ4v) is 5.10. The van der Waals surface area contributed by atoms with Crippen LogP contribution in [0, 0.1) is 5.82 Å². The molecule has 2 bridgehead atoms. The van der Waals surface area contributed by atoms with Gasteiger partial charge in [-0.2, -0.15) is 0 Å². The third-order valence-corrected chi connectivity index (χ3v) is 6.86. The molecule has 2 atom stereocenters. The molecule has 3 aromatic heterocycles. The van der Waals surface area contributed by atoms with Crippen LogP contribution >= 0.6 is 0 Å². The van der Waals surface area contributed by atoms with Crippen LogP contribution in [-0.4, -0.2) is 68.4 Å². The summed E-state index contributed by atoms with van der Waals surface area (Å²) in [5, 5.41) is 10.8. The van der Waals surface area contributed by atoms with E-state index in [0.29, 0.717) is 35.7 Å². The number of hydrogen-bond donors (Lipinski definition) is 2. The molecule has 0 amide bonds. The second kappa shape index (κ2) is 8.77. The van der Waals surface area contributed by atoms with Gasteiger partial charge in [-0.25, -0.2) is 23.7 Å². The van der Waals surface area contributed by atoms with Crippen molar-refractivity contribution in [2.45, 2.75) is 25.0 Å². The minimum atomic E-state index is -0.569. The van der Waals surface area contributed by atoms with Crippen molar-refractivity contribution in [2.24, 2.45) is 0 Å². The molecule has 0 spiro atoms. The second-order valence-electron chi connectivity index (χ2n) is 8.92. The van der Waals surface area contributed by atoms with Gasteiger partial charge in [-0.3, -0.25) is 4.90 Å².